The Morgan fingerprint density at radius 3 is 2.84 bits per heavy atom. The summed E-state index contributed by atoms with van der Waals surface area (Å²) in [6.45, 7) is 5.11. The van der Waals surface area contributed by atoms with Gasteiger partial charge in [0.2, 0.25) is 0 Å². The van der Waals surface area contributed by atoms with Gasteiger partial charge in [-0.05, 0) is 30.5 Å². The van der Waals surface area contributed by atoms with Gasteiger partial charge in [-0.15, -0.1) is 0 Å². The Morgan fingerprint density at radius 1 is 1.42 bits per heavy atom. The van der Waals surface area contributed by atoms with Crippen molar-refractivity contribution >= 4 is 22.3 Å². The Labute approximate surface area is 113 Å². The molecule has 0 aliphatic rings. The van der Waals surface area contributed by atoms with Crippen molar-refractivity contribution in [1.82, 2.24) is 4.98 Å². The summed E-state index contributed by atoms with van der Waals surface area (Å²) >= 11 is 0. The average molecular weight is 261 g/mol. The van der Waals surface area contributed by atoms with Gasteiger partial charge >= 0.3 is 0 Å². The number of nitrogens with two attached hydrogens (primary N) is 1. The molecule has 0 radical (unpaired) electrons. The summed E-state index contributed by atoms with van der Waals surface area (Å²) in [4.78, 5) is 6.21. The zero-order valence-corrected chi connectivity index (χ0v) is 11.7. The molecule has 0 saturated carbocycles. The minimum absolute atomic E-state index is 0.310. The zero-order chi connectivity index (χ0) is 14.0. The molecule has 19 heavy (non-hydrogen) atoms. The monoisotopic (exact) mass is 261 g/mol. The van der Waals surface area contributed by atoms with Gasteiger partial charge in [0.25, 0.3) is 0 Å². The molecular formula is C15H20FN3. The van der Waals surface area contributed by atoms with Crippen LogP contribution >= 0.6 is 0 Å². The minimum Gasteiger partial charge on any atom is -0.398 e. The Morgan fingerprint density at radius 2 is 2.16 bits per heavy atom. The van der Waals surface area contributed by atoms with Crippen LogP contribution in [-0.2, 0) is 0 Å². The van der Waals surface area contributed by atoms with Crippen molar-refractivity contribution in [1.29, 1.82) is 0 Å². The first kappa shape index (κ1) is 13.6. The number of pyridine rings is 1. The number of hydrogen-bond acceptors (Lipinski definition) is 3. The van der Waals surface area contributed by atoms with Gasteiger partial charge in [-0.25, -0.2) is 4.39 Å². The molecular weight excluding hydrogens is 241 g/mol. The third-order valence-electron chi connectivity index (χ3n) is 3.28. The van der Waals surface area contributed by atoms with Crippen LogP contribution in [0.15, 0.2) is 24.4 Å². The molecule has 0 bridgehead atoms. The van der Waals surface area contributed by atoms with Crippen LogP contribution in [-0.4, -0.2) is 18.6 Å². The van der Waals surface area contributed by atoms with Crippen LogP contribution < -0.4 is 10.6 Å². The lowest BCUT2D eigenvalue weighted by Crippen LogP contribution is -2.21. The molecule has 102 valence electrons. The first-order valence-electron chi connectivity index (χ1n) is 6.54. The lowest BCUT2D eigenvalue weighted by Gasteiger charge is -2.22. The Balaban J connectivity index is 2.47. The summed E-state index contributed by atoms with van der Waals surface area (Å²) in [5.74, 6) is 0.272. The Kier molecular flexibility index (Phi) is 3.88. The summed E-state index contributed by atoms with van der Waals surface area (Å²) < 4.78 is 14.2. The standard InChI is InChI=1S/C15H20FN3/c1-10(2)6-8-19(3)15-12(16)9-13(17)11-5-4-7-18-14(11)15/h4-5,7,9-10H,6,8,17H2,1-3H3. The molecule has 2 rings (SSSR count). The molecule has 2 aromatic rings. The molecule has 3 nitrogen and oxygen atoms in total. The van der Waals surface area contributed by atoms with E-state index in [0.29, 0.717) is 22.8 Å². The maximum Gasteiger partial charge on any atom is 0.150 e. The Bertz CT molecular complexity index is 581. The van der Waals surface area contributed by atoms with E-state index in [1.54, 1.807) is 6.20 Å². The van der Waals surface area contributed by atoms with Crippen LogP contribution in [0, 0.1) is 11.7 Å². The highest BCUT2D eigenvalue weighted by atomic mass is 19.1. The highest BCUT2D eigenvalue weighted by molar-refractivity contribution is 5.98. The Hall–Kier alpha value is -1.84. The van der Waals surface area contributed by atoms with Crippen molar-refractivity contribution in [2.24, 2.45) is 5.92 Å². The first-order chi connectivity index (χ1) is 9.00. The SMILES string of the molecule is CC(C)CCN(C)c1c(F)cc(N)c2cccnc12. The average Bonchev–Trinajstić information content (AvgIpc) is 2.36. The number of hydrogen-bond donors (Lipinski definition) is 1. The number of halogens is 1. The summed E-state index contributed by atoms with van der Waals surface area (Å²) in [6.07, 6.45) is 2.68. The summed E-state index contributed by atoms with van der Waals surface area (Å²) in [7, 11) is 1.89. The fraction of sp³-hybridized carbons (Fsp3) is 0.400. The number of fused-ring (bicyclic) bond motifs is 1. The first-order valence-corrected chi connectivity index (χ1v) is 6.54. The minimum atomic E-state index is -0.310. The molecule has 0 fully saturated rings. The van der Waals surface area contributed by atoms with Crippen LogP contribution in [0.1, 0.15) is 20.3 Å². The molecule has 1 aromatic heterocycles. The lowest BCUT2D eigenvalue weighted by atomic mass is 10.1. The highest BCUT2D eigenvalue weighted by Crippen LogP contribution is 2.31. The van der Waals surface area contributed by atoms with E-state index in [2.05, 4.69) is 18.8 Å². The number of rotatable bonds is 4. The molecule has 0 unspecified atom stereocenters. The van der Waals surface area contributed by atoms with E-state index in [9.17, 15) is 4.39 Å². The van der Waals surface area contributed by atoms with E-state index < -0.39 is 0 Å². The van der Waals surface area contributed by atoms with E-state index in [-0.39, 0.29) is 5.82 Å². The molecule has 0 amide bonds. The topological polar surface area (TPSA) is 42.1 Å². The molecule has 0 spiro atoms. The molecule has 1 aromatic carbocycles. The van der Waals surface area contributed by atoms with Crippen LogP contribution in [0.2, 0.25) is 0 Å². The smallest absolute Gasteiger partial charge is 0.150 e. The third kappa shape index (κ3) is 2.78. The highest BCUT2D eigenvalue weighted by Gasteiger charge is 2.15. The molecule has 4 heteroatoms. The molecule has 0 aliphatic heterocycles. The van der Waals surface area contributed by atoms with Gasteiger partial charge in [0.15, 0.2) is 5.82 Å². The maximum absolute atomic E-state index is 14.2. The van der Waals surface area contributed by atoms with Crippen LogP contribution in [0.3, 0.4) is 0 Å². The fourth-order valence-electron chi connectivity index (χ4n) is 2.15. The predicted octanol–water partition coefficient (Wildman–Crippen LogP) is 3.44. The second kappa shape index (κ2) is 5.43. The predicted molar refractivity (Wildman–Crippen MR) is 78.8 cm³/mol. The fourth-order valence-corrected chi connectivity index (χ4v) is 2.15. The maximum atomic E-state index is 14.2. The van der Waals surface area contributed by atoms with Gasteiger partial charge in [0.1, 0.15) is 0 Å². The van der Waals surface area contributed by atoms with E-state index in [0.717, 1.165) is 18.4 Å². The third-order valence-corrected chi connectivity index (χ3v) is 3.28. The van der Waals surface area contributed by atoms with Crippen molar-refractivity contribution in [3.05, 3.63) is 30.2 Å². The van der Waals surface area contributed by atoms with Crippen molar-refractivity contribution < 1.29 is 4.39 Å². The van der Waals surface area contributed by atoms with Gasteiger partial charge in [-0.1, -0.05) is 13.8 Å². The van der Waals surface area contributed by atoms with Crippen LogP contribution in [0.4, 0.5) is 15.8 Å². The second-order valence-electron chi connectivity index (χ2n) is 5.30. The van der Waals surface area contributed by atoms with Crippen LogP contribution in [0.25, 0.3) is 10.9 Å². The molecule has 0 aliphatic carbocycles. The zero-order valence-electron chi connectivity index (χ0n) is 11.7. The summed E-state index contributed by atoms with van der Waals surface area (Å²) in [6, 6.07) is 5.07. The second-order valence-corrected chi connectivity index (χ2v) is 5.30. The van der Waals surface area contributed by atoms with Crippen molar-refractivity contribution in [2.75, 3.05) is 24.2 Å². The van der Waals surface area contributed by atoms with E-state index >= 15 is 0 Å². The number of aromatic nitrogens is 1. The number of benzene rings is 1. The van der Waals surface area contributed by atoms with Gasteiger partial charge < -0.3 is 10.6 Å². The molecule has 1 heterocycles. The van der Waals surface area contributed by atoms with Crippen molar-refractivity contribution in [2.45, 2.75) is 20.3 Å². The lowest BCUT2D eigenvalue weighted by molar-refractivity contribution is 0.575. The van der Waals surface area contributed by atoms with E-state index in [4.69, 9.17) is 5.73 Å². The van der Waals surface area contributed by atoms with E-state index in [1.807, 2.05) is 24.1 Å². The largest absolute Gasteiger partial charge is 0.398 e. The normalized spacial score (nSPS) is 11.2. The van der Waals surface area contributed by atoms with Gasteiger partial charge in [0, 0.05) is 30.9 Å². The molecule has 0 saturated heterocycles. The number of anilines is 2. The quantitative estimate of drug-likeness (QED) is 0.857. The summed E-state index contributed by atoms with van der Waals surface area (Å²) in [5.41, 5.74) is 7.45. The van der Waals surface area contributed by atoms with Crippen molar-refractivity contribution in [3.63, 3.8) is 0 Å². The van der Waals surface area contributed by atoms with Gasteiger partial charge in [0.05, 0.1) is 11.2 Å². The molecule has 2 N–H and O–H groups in total. The van der Waals surface area contributed by atoms with Gasteiger partial charge in [-0.2, -0.15) is 0 Å². The number of nitrogens with zero attached hydrogens (tertiary/aromatic N) is 2. The van der Waals surface area contributed by atoms with Crippen LogP contribution in [0.5, 0.6) is 0 Å². The summed E-state index contributed by atoms with van der Waals surface area (Å²) in [5, 5.41) is 0.801. The van der Waals surface area contributed by atoms with E-state index in [1.165, 1.54) is 6.07 Å². The number of nitrogen functional groups attached to an aromatic ring is 1. The molecule has 0 atom stereocenters. The van der Waals surface area contributed by atoms with Crippen molar-refractivity contribution in [3.8, 4) is 0 Å². The van der Waals surface area contributed by atoms with Gasteiger partial charge in [-0.3, -0.25) is 4.98 Å².